The van der Waals surface area contributed by atoms with Gasteiger partial charge in [0.05, 0.1) is 0 Å². The van der Waals surface area contributed by atoms with Gasteiger partial charge < -0.3 is 0 Å². The van der Waals surface area contributed by atoms with Gasteiger partial charge in [-0.2, -0.15) is 0 Å². The Labute approximate surface area is 150 Å². The van der Waals surface area contributed by atoms with E-state index in [0.29, 0.717) is 17.9 Å². The highest BCUT2D eigenvalue weighted by atomic mass is 35.5. The summed E-state index contributed by atoms with van der Waals surface area (Å²) in [5.41, 5.74) is 0.429. The predicted molar refractivity (Wildman–Crippen MR) is 93.0 cm³/mol. The van der Waals surface area contributed by atoms with E-state index in [1.807, 2.05) is 13.8 Å². The van der Waals surface area contributed by atoms with E-state index < -0.39 is 4.33 Å². The van der Waals surface area contributed by atoms with E-state index in [2.05, 4.69) is 0 Å². The molecule has 6 heteroatoms. The lowest BCUT2D eigenvalue weighted by atomic mass is 9.81. The third-order valence-corrected chi connectivity index (χ3v) is 5.45. The lowest BCUT2D eigenvalue weighted by Crippen LogP contribution is -2.30. The van der Waals surface area contributed by atoms with E-state index >= 15 is 0 Å². The second-order valence-corrected chi connectivity index (χ2v) is 8.60. The van der Waals surface area contributed by atoms with Crippen LogP contribution in [0, 0.1) is 5.41 Å². The molecule has 0 heterocycles. The molecule has 0 aliphatic carbocycles. The van der Waals surface area contributed by atoms with Crippen LogP contribution < -0.4 is 0 Å². The number of hydrogen-bond acceptors (Lipinski definition) is 1. The Morgan fingerprint density at radius 2 is 1.71 bits per heavy atom. The molecule has 0 saturated carbocycles. The van der Waals surface area contributed by atoms with Crippen molar-refractivity contribution >= 4 is 63.2 Å². The minimum absolute atomic E-state index is 0.274. The number of alkyl halides is 3. The van der Waals surface area contributed by atoms with Gasteiger partial charge in [-0.3, -0.25) is 4.79 Å². The molecular formula is C15H17Cl5O. The Kier molecular flexibility index (Phi) is 7.15. The van der Waals surface area contributed by atoms with Crippen LogP contribution in [-0.4, -0.2) is 10.6 Å². The van der Waals surface area contributed by atoms with Crippen LogP contribution >= 0.6 is 58.0 Å². The summed E-state index contributed by atoms with van der Waals surface area (Å²) in [5.74, 6) is 0. The molecule has 1 atom stereocenters. The molecule has 0 bridgehead atoms. The van der Waals surface area contributed by atoms with Crippen LogP contribution in [0.25, 0.3) is 0 Å². The van der Waals surface area contributed by atoms with E-state index in [9.17, 15) is 4.79 Å². The fourth-order valence-corrected chi connectivity index (χ4v) is 3.17. The van der Waals surface area contributed by atoms with E-state index in [1.165, 1.54) is 0 Å². The standard InChI is InChI=1S/C15H17Cl5O/c1-14(2,8-7-13(18)21)12(17)9-15(19,20)10-3-5-11(16)6-4-10/h3-6,12H,7-9H2,1-2H3. The van der Waals surface area contributed by atoms with Crippen molar-refractivity contribution < 1.29 is 4.79 Å². The first-order chi connectivity index (χ1) is 9.54. The first kappa shape index (κ1) is 19.4. The number of benzene rings is 1. The molecule has 0 N–H and O–H groups in total. The molecular weight excluding hydrogens is 373 g/mol. The average Bonchev–Trinajstić information content (AvgIpc) is 2.36. The van der Waals surface area contributed by atoms with Crippen LogP contribution in [0.15, 0.2) is 24.3 Å². The second-order valence-electron chi connectivity index (χ2n) is 5.73. The Morgan fingerprint density at radius 1 is 1.19 bits per heavy atom. The molecule has 0 aromatic heterocycles. The minimum Gasteiger partial charge on any atom is -0.281 e. The smallest absolute Gasteiger partial charge is 0.221 e. The fraction of sp³-hybridized carbons (Fsp3) is 0.533. The summed E-state index contributed by atoms with van der Waals surface area (Å²) in [5, 5.41) is -0.0573. The molecule has 0 aliphatic rings. The van der Waals surface area contributed by atoms with Crippen molar-refractivity contribution in [2.24, 2.45) is 5.41 Å². The minimum atomic E-state index is -1.11. The van der Waals surface area contributed by atoms with Gasteiger partial charge in [-0.05, 0) is 41.1 Å². The van der Waals surface area contributed by atoms with Crippen LogP contribution in [0.3, 0.4) is 0 Å². The lowest BCUT2D eigenvalue weighted by molar-refractivity contribution is -0.112. The van der Waals surface area contributed by atoms with Gasteiger partial charge in [-0.1, -0.05) is 60.8 Å². The van der Waals surface area contributed by atoms with Crippen molar-refractivity contribution in [2.75, 3.05) is 0 Å². The third kappa shape index (κ3) is 6.15. The molecule has 1 unspecified atom stereocenters. The van der Waals surface area contributed by atoms with Crippen molar-refractivity contribution in [1.82, 2.24) is 0 Å². The lowest BCUT2D eigenvalue weighted by Gasteiger charge is -2.33. The van der Waals surface area contributed by atoms with Crippen LogP contribution in [0.4, 0.5) is 0 Å². The molecule has 1 rings (SSSR count). The maximum atomic E-state index is 10.9. The maximum Gasteiger partial charge on any atom is 0.221 e. The van der Waals surface area contributed by atoms with Gasteiger partial charge in [0, 0.05) is 23.2 Å². The third-order valence-electron chi connectivity index (χ3n) is 3.52. The molecule has 0 spiro atoms. The summed E-state index contributed by atoms with van der Waals surface area (Å²) in [6, 6.07) is 7.02. The molecule has 21 heavy (non-hydrogen) atoms. The Bertz CT molecular complexity index is 481. The molecule has 0 radical (unpaired) electrons. The van der Waals surface area contributed by atoms with Crippen molar-refractivity contribution in [3.63, 3.8) is 0 Å². The van der Waals surface area contributed by atoms with Gasteiger partial charge in [-0.15, -0.1) is 11.6 Å². The zero-order chi connectivity index (χ0) is 16.3. The molecule has 0 aliphatic heterocycles. The summed E-state index contributed by atoms with van der Waals surface area (Å²) in [7, 11) is 0. The summed E-state index contributed by atoms with van der Waals surface area (Å²) < 4.78 is -1.11. The van der Waals surface area contributed by atoms with Gasteiger partial charge in [0.15, 0.2) is 0 Å². The van der Waals surface area contributed by atoms with Crippen molar-refractivity contribution in [3.05, 3.63) is 34.9 Å². The SMILES string of the molecule is CC(C)(CCC(=O)Cl)C(Cl)CC(Cl)(Cl)c1ccc(Cl)cc1. The molecule has 0 saturated heterocycles. The van der Waals surface area contributed by atoms with E-state index in [1.54, 1.807) is 24.3 Å². The first-order valence-electron chi connectivity index (χ1n) is 6.51. The summed E-state index contributed by atoms with van der Waals surface area (Å²) in [4.78, 5) is 10.9. The monoisotopic (exact) mass is 388 g/mol. The largest absolute Gasteiger partial charge is 0.281 e. The Balaban J connectivity index is 2.77. The molecule has 118 valence electrons. The van der Waals surface area contributed by atoms with Gasteiger partial charge in [0.2, 0.25) is 5.24 Å². The summed E-state index contributed by atoms with van der Waals surface area (Å²) >= 11 is 30.6. The Hall–Kier alpha value is 0.340. The fourth-order valence-electron chi connectivity index (χ4n) is 1.89. The molecule has 1 nitrogen and oxygen atoms in total. The van der Waals surface area contributed by atoms with Crippen molar-refractivity contribution in [1.29, 1.82) is 0 Å². The number of carbonyl (C=O) groups is 1. The molecule has 1 aromatic carbocycles. The topological polar surface area (TPSA) is 17.1 Å². The van der Waals surface area contributed by atoms with Gasteiger partial charge >= 0.3 is 0 Å². The van der Waals surface area contributed by atoms with Crippen LogP contribution in [0.1, 0.15) is 38.7 Å². The second kappa shape index (κ2) is 7.75. The van der Waals surface area contributed by atoms with E-state index in [0.717, 1.165) is 5.56 Å². The zero-order valence-electron chi connectivity index (χ0n) is 11.8. The number of hydrogen-bond donors (Lipinski definition) is 0. The van der Waals surface area contributed by atoms with Crippen LogP contribution in [-0.2, 0) is 9.13 Å². The average molecular weight is 391 g/mol. The normalized spacial score (nSPS) is 14.0. The van der Waals surface area contributed by atoms with Gasteiger partial charge in [0.25, 0.3) is 0 Å². The van der Waals surface area contributed by atoms with E-state index in [-0.39, 0.29) is 22.5 Å². The first-order valence-corrected chi connectivity index (χ1v) is 8.46. The highest BCUT2D eigenvalue weighted by Gasteiger charge is 2.36. The van der Waals surface area contributed by atoms with Gasteiger partial charge in [0.1, 0.15) is 4.33 Å². The number of halogens is 5. The molecule has 0 fully saturated rings. The van der Waals surface area contributed by atoms with Crippen molar-refractivity contribution in [2.45, 2.75) is 42.8 Å². The van der Waals surface area contributed by atoms with Crippen molar-refractivity contribution in [3.8, 4) is 0 Å². The zero-order valence-corrected chi connectivity index (χ0v) is 15.6. The number of carbonyl (C=O) groups excluding carboxylic acids is 1. The summed E-state index contributed by atoms with van der Waals surface area (Å²) in [6.45, 7) is 3.94. The quantitative estimate of drug-likeness (QED) is 0.381. The van der Waals surface area contributed by atoms with Gasteiger partial charge in [-0.25, -0.2) is 0 Å². The Morgan fingerprint density at radius 3 is 2.19 bits per heavy atom. The summed E-state index contributed by atoms with van der Waals surface area (Å²) in [6.07, 6.45) is 1.20. The highest BCUT2D eigenvalue weighted by molar-refractivity contribution is 6.63. The maximum absolute atomic E-state index is 10.9. The predicted octanol–water partition coefficient (Wildman–Crippen LogP) is 6.54. The molecule has 1 aromatic rings. The van der Waals surface area contributed by atoms with Crippen LogP contribution in [0.5, 0.6) is 0 Å². The van der Waals surface area contributed by atoms with Crippen LogP contribution in [0.2, 0.25) is 5.02 Å². The highest BCUT2D eigenvalue weighted by Crippen LogP contribution is 2.45. The molecule has 0 amide bonds. The van der Waals surface area contributed by atoms with E-state index in [4.69, 9.17) is 58.0 Å². The number of rotatable bonds is 7.